The monoisotopic (exact) mass is 226 g/mol. The second-order valence-electron chi connectivity index (χ2n) is 5.65. The molecule has 1 saturated carbocycles. The maximum atomic E-state index is 5.88. The molecule has 1 aliphatic rings. The van der Waals surface area contributed by atoms with Gasteiger partial charge in [-0.2, -0.15) is 0 Å². The summed E-state index contributed by atoms with van der Waals surface area (Å²) in [4.78, 5) is 2.50. The highest BCUT2D eigenvalue weighted by atomic mass is 15.1. The zero-order chi connectivity index (χ0) is 12.0. The Bertz CT molecular complexity index is 182. The van der Waals surface area contributed by atoms with E-state index in [-0.39, 0.29) is 0 Å². The molecule has 0 aromatic rings. The Morgan fingerprint density at radius 1 is 1.31 bits per heavy atom. The summed E-state index contributed by atoms with van der Waals surface area (Å²) in [5, 5.41) is 0. The molecule has 0 radical (unpaired) electrons. The van der Waals surface area contributed by atoms with Crippen molar-refractivity contribution in [3.63, 3.8) is 0 Å². The fourth-order valence-electron chi connectivity index (χ4n) is 2.50. The van der Waals surface area contributed by atoms with Crippen molar-refractivity contribution in [1.82, 2.24) is 4.90 Å². The Morgan fingerprint density at radius 2 is 2.00 bits per heavy atom. The Labute approximate surface area is 102 Å². The van der Waals surface area contributed by atoms with E-state index in [0.29, 0.717) is 6.04 Å². The van der Waals surface area contributed by atoms with Crippen LogP contribution in [0.1, 0.15) is 52.4 Å². The summed E-state index contributed by atoms with van der Waals surface area (Å²) in [6.07, 6.45) is 8.13. The molecule has 3 atom stereocenters. The van der Waals surface area contributed by atoms with Crippen molar-refractivity contribution in [2.24, 2.45) is 17.6 Å². The summed E-state index contributed by atoms with van der Waals surface area (Å²) in [5.41, 5.74) is 5.88. The predicted molar refractivity (Wildman–Crippen MR) is 71.5 cm³/mol. The second kappa shape index (κ2) is 7.29. The fraction of sp³-hybridized carbons (Fsp3) is 1.00. The summed E-state index contributed by atoms with van der Waals surface area (Å²) in [7, 11) is 2.25. The van der Waals surface area contributed by atoms with Crippen LogP contribution in [-0.4, -0.2) is 31.1 Å². The lowest BCUT2D eigenvalue weighted by Gasteiger charge is -2.27. The van der Waals surface area contributed by atoms with Crippen molar-refractivity contribution >= 4 is 0 Å². The van der Waals surface area contributed by atoms with E-state index in [1.54, 1.807) is 0 Å². The molecule has 0 heterocycles. The van der Waals surface area contributed by atoms with Crippen LogP contribution in [0.25, 0.3) is 0 Å². The number of hydrogen-bond acceptors (Lipinski definition) is 2. The van der Waals surface area contributed by atoms with Gasteiger partial charge in [0.15, 0.2) is 0 Å². The highest BCUT2D eigenvalue weighted by Gasteiger charge is 2.34. The molecule has 2 heteroatoms. The maximum absolute atomic E-state index is 5.88. The van der Waals surface area contributed by atoms with E-state index in [0.717, 1.165) is 18.4 Å². The summed E-state index contributed by atoms with van der Waals surface area (Å²) in [5.74, 6) is 1.91. The van der Waals surface area contributed by atoms with Gasteiger partial charge in [0, 0.05) is 19.1 Å². The van der Waals surface area contributed by atoms with Gasteiger partial charge in [-0.25, -0.2) is 0 Å². The third kappa shape index (κ3) is 4.84. The van der Waals surface area contributed by atoms with Crippen molar-refractivity contribution in [1.29, 1.82) is 0 Å². The van der Waals surface area contributed by atoms with E-state index in [9.17, 15) is 0 Å². The third-order valence-corrected chi connectivity index (χ3v) is 4.08. The van der Waals surface area contributed by atoms with Gasteiger partial charge in [-0.15, -0.1) is 0 Å². The van der Waals surface area contributed by atoms with E-state index in [4.69, 9.17) is 5.73 Å². The minimum Gasteiger partial charge on any atom is -0.329 e. The number of likely N-dealkylation sites (N-methyl/N-ethyl adjacent to an activating group) is 1. The van der Waals surface area contributed by atoms with Crippen LogP contribution < -0.4 is 5.73 Å². The number of hydrogen-bond donors (Lipinski definition) is 1. The minimum absolute atomic E-state index is 0.615. The standard InChI is InChI=1S/C14H30N2/c1-4-5-6-7-8-14(10-15)16(3)11-13-9-12(13)2/h12-14H,4-11,15H2,1-3H3. The quantitative estimate of drug-likeness (QED) is 0.613. The highest BCUT2D eigenvalue weighted by molar-refractivity contribution is 4.86. The third-order valence-electron chi connectivity index (χ3n) is 4.08. The lowest BCUT2D eigenvalue weighted by Crippen LogP contribution is -2.39. The van der Waals surface area contributed by atoms with Gasteiger partial charge in [0.05, 0.1) is 0 Å². The van der Waals surface area contributed by atoms with Gasteiger partial charge in [-0.3, -0.25) is 0 Å². The van der Waals surface area contributed by atoms with Gasteiger partial charge in [0.1, 0.15) is 0 Å². The normalized spacial score (nSPS) is 26.1. The van der Waals surface area contributed by atoms with Crippen LogP contribution in [0.5, 0.6) is 0 Å². The summed E-state index contributed by atoms with van der Waals surface area (Å²) in [6.45, 7) is 6.71. The Morgan fingerprint density at radius 3 is 2.50 bits per heavy atom. The van der Waals surface area contributed by atoms with Crippen LogP contribution in [0.2, 0.25) is 0 Å². The molecule has 16 heavy (non-hydrogen) atoms. The fourth-order valence-corrected chi connectivity index (χ4v) is 2.50. The molecule has 0 saturated heterocycles. The van der Waals surface area contributed by atoms with Crippen molar-refractivity contribution in [2.75, 3.05) is 20.1 Å². The van der Waals surface area contributed by atoms with E-state index in [1.807, 2.05) is 0 Å². The molecule has 3 unspecified atom stereocenters. The Hall–Kier alpha value is -0.0800. The van der Waals surface area contributed by atoms with Crippen LogP contribution in [-0.2, 0) is 0 Å². The molecule has 1 fully saturated rings. The minimum atomic E-state index is 0.615. The zero-order valence-corrected chi connectivity index (χ0v) is 11.4. The SMILES string of the molecule is CCCCCCC(CN)N(C)CC1CC1C. The van der Waals surface area contributed by atoms with E-state index < -0.39 is 0 Å². The molecular weight excluding hydrogens is 196 g/mol. The summed E-state index contributed by atoms with van der Waals surface area (Å²) in [6, 6.07) is 0.615. The Balaban J connectivity index is 2.13. The van der Waals surface area contributed by atoms with Crippen LogP contribution >= 0.6 is 0 Å². The molecule has 0 aromatic carbocycles. The predicted octanol–water partition coefficient (Wildman–Crippen LogP) is 2.87. The molecule has 0 aromatic heterocycles. The van der Waals surface area contributed by atoms with Gasteiger partial charge in [-0.05, 0) is 31.7 Å². The van der Waals surface area contributed by atoms with Gasteiger partial charge in [0.2, 0.25) is 0 Å². The number of nitrogens with two attached hydrogens (primary N) is 1. The first kappa shape index (κ1) is 14.0. The molecule has 2 nitrogen and oxygen atoms in total. The first-order chi connectivity index (χ1) is 7.69. The summed E-state index contributed by atoms with van der Waals surface area (Å²) >= 11 is 0. The van der Waals surface area contributed by atoms with Crippen LogP contribution in [0.4, 0.5) is 0 Å². The molecule has 1 rings (SSSR count). The van der Waals surface area contributed by atoms with Gasteiger partial charge < -0.3 is 10.6 Å². The lowest BCUT2D eigenvalue weighted by atomic mass is 10.1. The molecule has 0 amide bonds. The van der Waals surface area contributed by atoms with Gasteiger partial charge in [0.25, 0.3) is 0 Å². The smallest absolute Gasteiger partial charge is 0.0215 e. The zero-order valence-electron chi connectivity index (χ0n) is 11.4. The van der Waals surface area contributed by atoms with Crippen molar-refractivity contribution < 1.29 is 0 Å². The van der Waals surface area contributed by atoms with Crippen molar-refractivity contribution in [3.8, 4) is 0 Å². The highest BCUT2D eigenvalue weighted by Crippen LogP contribution is 2.38. The lowest BCUT2D eigenvalue weighted by molar-refractivity contribution is 0.219. The molecule has 0 bridgehead atoms. The van der Waals surface area contributed by atoms with Crippen molar-refractivity contribution in [2.45, 2.75) is 58.4 Å². The van der Waals surface area contributed by atoms with Crippen molar-refractivity contribution in [3.05, 3.63) is 0 Å². The second-order valence-corrected chi connectivity index (χ2v) is 5.65. The van der Waals surface area contributed by atoms with E-state index >= 15 is 0 Å². The number of unbranched alkanes of at least 4 members (excludes halogenated alkanes) is 3. The van der Waals surface area contributed by atoms with E-state index in [1.165, 1.54) is 45.1 Å². The first-order valence-corrected chi connectivity index (χ1v) is 7.09. The largest absolute Gasteiger partial charge is 0.329 e. The Kier molecular flexibility index (Phi) is 6.37. The van der Waals surface area contributed by atoms with Crippen LogP contribution in [0.15, 0.2) is 0 Å². The number of rotatable bonds is 9. The topological polar surface area (TPSA) is 29.3 Å². The molecule has 0 spiro atoms. The molecule has 1 aliphatic carbocycles. The summed E-state index contributed by atoms with van der Waals surface area (Å²) < 4.78 is 0. The van der Waals surface area contributed by atoms with Crippen LogP contribution in [0.3, 0.4) is 0 Å². The first-order valence-electron chi connectivity index (χ1n) is 7.09. The average molecular weight is 226 g/mol. The molecular formula is C14H30N2. The van der Waals surface area contributed by atoms with Gasteiger partial charge in [-0.1, -0.05) is 39.5 Å². The average Bonchev–Trinajstić information content (AvgIpc) is 2.94. The molecule has 0 aliphatic heterocycles. The van der Waals surface area contributed by atoms with Gasteiger partial charge >= 0.3 is 0 Å². The molecule has 2 N–H and O–H groups in total. The molecule has 96 valence electrons. The van der Waals surface area contributed by atoms with Crippen LogP contribution in [0, 0.1) is 11.8 Å². The van der Waals surface area contributed by atoms with E-state index in [2.05, 4.69) is 25.8 Å². The maximum Gasteiger partial charge on any atom is 0.0215 e. The number of nitrogens with zero attached hydrogens (tertiary/aromatic N) is 1.